The number of amides is 1. The fraction of sp³-hybridized carbons (Fsp3) is 0.200. The molecular formula is C15H12F3N5O2. The maximum absolute atomic E-state index is 12.4. The number of rotatable bonds is 5. The molecule has 0 aliphatic carbocycles. The summed E-state index contributed by atoms with van der Waals surface area (Å²) in [5.41, 5.74) is 5.84. The van der Waals surface area contributed by atoms with E-state index in [9.17, 15) is 18.0 Å². The number of hydrogen-bond acceptors (Lipinski definition) is 5. The van der Waals surface area contributed by atoms with Crippen molar-refractivity contribution in [2.75, 3.05) is 0 Å². The Balaban J connectivity index is 1.80. The van der Waals surface area contributed by atoms with Gasteiger partial charge in [-0.05, 0) is 5.56 Å². The number of alkyl halides is 3. The normalized spacial score (nSPS) is 11.6. The van der Waals surface area contributed by atoms with Crippen molar-refractivity contribution < 1.29 is 22.5 Å². The lowest BCUT2D eigenvalue weighted by Gasteiger charge is -2.08. The molecule has 2 N–H and O–H groups in total. The second kappa shape index (κ2) is 6.38. The average Bonchev–Trinajstić information content (AvgIpc) is 3.16. The first-order valence-electron chi connectivity index (χ1n) is 7.11. The van der Waals surface area contributed by atoms with Gasteiger partial charge in [-0.1, -0.05) is 29.4 Å². The molecule has 2 aromatic heterocycles. The largest absolute Gasteiger partial charge is 0.393 e. The minimum atomic E-state index is -4.25. The fourth-order valence-electron chi connectivity index (χ4n) is 2.27. The summed E-state index contributed by atoms with van der Waals surface area (Å²) in [5.74, 6) is -0.385. The van der Waals surface area contributed by atoms with Crippen molar-refractivity contribution >= 4 is 5.91 Å². The SMILES string of the molecule is NC(=O)c1nc(Cn2ccnc2-c2ccc(CC(F)(F)F)cc2)no1. The van der Waals surface area contributed by atoms with E-state index in [0.717, 1.165) is 0 Å². The van der Waals surface area contributed by atoms with E-state index in [1.807, 2.05) is 0 Å². The molecule has 1 aromatic carbocycles. The molecule has 0 aliphatic heterocycles. The molecule has 0 atom stereocenters. The Morgan fingerprint density at radius 2 is 1.96 bits per heavy atom. The molecule has 0 unspecified atom stereocenters. The molecule has 130 valence electrons. The van der Waals surface area contributed by atoms with Crippen LogP contribution in [-0.4, -0.2) is 31.8 Å². The number of nitrogens with two attached hydrogens (primary N) is 1. The molecule has 0 aliphatic rings. The molecule has 0 spiro atoms. The highest BCUT2D eigenvalue weighted by Gasteiger charge is 2.27. The highest BCUT2D eigenvalue weighted by Crippen LogP contribution is 2.24. The van der Waals surface area contributed by atoms with E-state index in [1.54, 1.807) is 22.9 Å². The van der Waals surface area contributed by atoms with Gasteiger partial charge in [-0.2, -0.15) is 18.2 Å². The Labute approximate surface area is 139 Å². The van der Waals surface area contributed by atoms with Gasteiger partial charge in [0.05, 0.1) is 13.0 Å². The van der Waals surface area contributed by atoms with Crippen molar-refractivity contribution in [1.82, 2.24) is 19.7 Å². The van der Waals surface area contributed by atoms with Gasteiger partial charge in [0.1, 0.15) is 5.82 Å². The van der Waals surface area contributed by atoms with Gasteiger partial charge in [0.2, 0.25) is 0 Å². The van der Waals surface area contributed by atoms with Gasteiger partial charge in [-0.25, -0.2) is 4.98 Å². The number of carbonyl (C=O) groups is 1. The molecule has 3 aromatic rings. The van der Waals surface area contributed by atoms with E-state index in [2.05, 4.69) is 15.1 Å². The molecule has 0 radical (unpaired) electrons. The Bertz CT molecular complexity index is 883. The Morgan fingerprint density at radius 1 is 1.24 bits per heavy atom. The lowest BCUT2D eigenvalue weighted by Crippen LogP contribution is -2.11. The zero-order valence-corrected chi connectivity index (χ0v) is 12.7. The number of carbonyl (C=O) groups excluding carboxylic acids is 1. The van der Waals surface area contributed by atoms with Crippen LogP contribution in [0.4, 0.5) is 13.2 Å². The number of imidazole rings is 1. The highest BCUT2D eigenvalue weighted by molar-refractivity contribution is 5.87. The number of aromatic nitrogens is 4. The molecule has 3 rings (SSSR count). The van der Waals surface area contributed by atoms with Crippen molar-refractivity contribution in [1.29, 1.82) is 0 Å². The van der Waals surface area contributed by atoms with Crippen LogP contribution in [0.3, 0.4) is 0 Å². The molecule has 0 bridgehead atoms. The molecule has 7 nitrogen and oxygen atoms in total. The third-order valence-corrected chi connectivity index (χ3v) is 3.32. The molecular weight excluding hydrogens is 339 g/mol. The molecule has 10 heteroatoms. The second-order valence-corrected chi connectivity index (χ2v) is 5.25. The van der Waals surface area contributed by atoms with Gasteiger partial charge < -0.3 is 14.8 Å². The van der Waals surface area contributed by atoms with Gasteiger partial charge in [0.15, 0.2) is 5.82 Å². The van der Waals surface area contributed by atoms with Crippen molar-refractivity contribution in [3.63, 3.8) is 0 Å². The Kier molecular flexibility index (Phi) is 4.26. The molecule has 2 heterocycles. The quantitative estimate of drug-likeness (QED) is 0.759. The van der Waals surface area contributed by atoms with E-state index >= 15 is 0 Å². The summed E-state index contributed by atoms with van der Waals surface area (Å²) in [7, 11) is 0. The predicted molar refractivity (Wildman–Crippen MR) is 79.3 cm³/mol. The second-order valence-electron chi connectivity index (χ2n) is 5.25. The summed E-state index contributed by atoms with van der Waals surface area (Å²) < 4.78 is 43.6. The van der Waals surface area contributed by atoms with E-state index in [4.69, 9.17) is 10.3 Å². The van der Waals surface area contributed by atoms with Crippen molar-refractivity contribution in [3.8, 4) is 11.4 Å². The number of halogens is 3. The van der Waals surface area contributed by atoms with E-state index in [1.165, 1.54) is 18.3 Å². The van der Waals surface area contributed by atoms with Crippen molar-refractivity contribution in [2.24, 2.45) is 5.73 Å². The first kappa shape index (κ1) is 16.7. The first-order valence-corrected chi connectivity index (χ1v) is 7.11. The van der Waals surface area contributed by atoms with Crippen LogP contribution in [0.1, 0.15) is 22.1 Å². The first-order chi connectivity index (χ1) is 11.8. The molecule has 25 heavy (non-hydrogen) atoms. The van der Waals surface area contributed by atoms with E-state index < -0.39 is 18.5 Å². The molecule has 0 saturated carbocycles. The highest BCUT2D eigenvalue weighted by atomic mass is 19.4. The number of hydrogen-bond donors (Lipinski definition) is 1. The minimum absolute atomic E-state index is 0.163. The van der Waals surface area contributed by atoms with Crippen LogP contribution in [0.5, 0.6) is 0 Å². The van der Waals surface area contributed by atoms with Gasteiger partial charge in [-0.3, -0.25) is 4.79 Å². The van der Waals surface area contributed by atoms with Gasteiger partial charge >= 0.3 is 18.0 Å². The number of nitrogens with zero attached hydrogens (tertiary/aromatic N) is 4. The van der Waals surface area contributed by atoms with Gasteiger partial charge in [0.25, 0.3) is 0 Å². The standard InChI is InChI=1S/C15H12F3N5O2/c16-15(17,18)7-9-1-3-10(4-2-9)13-20-5-6-23(13)8-11-21-14(12(19)24)25-22-11/h1-6H,7-8H2,(H2,19,24). The minimum Gasteiger partial charge on any atom is -0.361 e. The third-order valence-electron chi connectivity index (χ3n) is 3.32. The fourth-order valence-corrected chi connectivity index (χ4v) is 2.27. The van der Waals surface area contributed by atoms with Gasteiger partial charge in [0, 0.05) is 18.0 Å². The van der Waals surface area contributed by atoms with Crippen LogP contribution < -0.4 is 5.73 Å². The third kappa shape index (κ3) is 4.03. The van der Waals surface area contributed by atoms with Crippen LogP contribution in [0.15, 0.2) is 41.2 Å². The Morgan fingerprint density at radius 3 is 2.56 bits per heavy atom. The summed E-state index contributed by atoms with van der Waals surface area (Å²) >= 11 is 0. The molecule has 0 fully saturated rings. The smallest absolute Gasteiger partial charge is 0.361 e. The maximum atomic E-state index is 12.4. The summed E-state index contributed by atoms with van der Waals surface area (Å²) in [6, 6.07) is 5.93. The van der Waals surface area contributed by atoms with Crippen LogP contribution in [0.2, 0.25) is 0 Å². The number of benzene rings is 1. The van der Waals surface area contributed by atoms with Crippen LogP contribution in [0, 0.1) is 0 Å². The summed E-state index contributed by atoms with van der Waals surface area (Å²) in [6.45, 7) is 0.163. The summed E-state index contributed by atoms with van der Waals surface area (Å²) in [6.07, 6.45) is -2.05. The van der Waals surface area contributed by atoms with Crippen LogP contribution in [0.25, 0.3) is 11.4 Å². The molecule has 0 saturated heterocycles. The Hall–Kier alpha value is -3.17. The maximum Gasteiger partial charge on any atom is 0.393 e. The monoisotopic (exact) mass is 351 g/mol. The predicted octanol–water partition coefficient (Wildman–Crippen LogP) is 2.19. The molecule has 1 amide bonds. The summed E-state index contributed by atoms with van der Waals surface area (Å²) in [4.78, 5) is 19.0. The van der Waals surface area contributed by atoms with Gasteiger partial charge in [-0.15, -0.1) is 0 Å². The van der Waals surface area contributed by atoms with Crippen LogP contribution >= 0.6 is 0 Å². The zero-order valence-electron chi connectivity index (χ0n) is 12.7. The topological polar surface area (TPSA) is 99.8 Å². The van der Waals surface area contributed by atoms with Crippen molar-refractivity contribution in [2.45, 2.75) is 19.1 Å². The lowest BCUT2D eigenvalue weighted by molar-refractivity contribution is -0.127. The number of primary amides is 1. The van der Waals surface area contributed by atoms with E-state index in [0.29, 0.717) is 11.4 Å². The van der Waals surface area contributed by atoms with Crippen molar-refractivity contribution in [3.05, 3.63) is 53.9 Å². The zero-order chi connectivity index (χ0) is 18.0. The summed E-state index contributed by atoms with van der Waals surface area (Å²) in [5, 5.41) is 3.64. The van der Waals surface area contributed by atoms with E-state index in [-0.39, 0.29) is 23.8 Å². The lowest BCUT2D eigenvalue weighted by atomic mass is 10.1. The van der Waals surface area contributed by atoms with Crippen LogP contribution in [-0.2, 0) is 13.0 Å². The average molecular weight is 351 g/mol.